The summed E-state index contributed by atoms with van der Waals surface area (Å²) >= 11 is 14.4. The van der Waals surface area contributed by atoms with Crippen molar-refractivity contribution >= 4 is 50.7 Å². The Morgan fingerprint density at radius 3 is 2.57 bits per heavy atom. The number of benzene rings is 1. The summed E-state index contributed by atoms with van der Waals surface area (Å²) < 4.78 is 0.778. The molecule has 0 unspecified atom stereocenters. The van der Waals surface area contributed by atoms with Crippen molar-refractivity contribution in [2.24, 2.45) is 0 Å². The maximum absolute atomic E-state index is 11.1. The second kappa shape index (κ2) is 4.82. The predicted octanol–water partition coefficient (Wildman–Crippen LogP) is 3.79. The van der Waals surface area contributed by atoms with Crippen LogP contribution in [0.2, 0.25) is 5.02 Å². The molecule has 0 aliphatic heterocycles. The van der Waals surface area contributed by atoms with E-state index in [1.807, 2.05) is 0 Å². The maximum atomic E-state index is 11.1. The normalized spacial score (nSPS) is 9.64. The summed E-state index contributed by atoms with van der Waals surface area (Å²) in [5.74, 6) is -0.444. The molecule has 1 N–H and O–H groups in total. The molecule has 1 amide bonds. The second-order valence-corrected chi connectivity index (χ2v) is 4.33. The lowest BCUT2D eigenvalue weighted by Crippen LogP contribution is -2.10. The first-order valence-electron chi connectivity index (χ1n) is 3.61. The molecule has 0 saturated carbocycles. The van der Waals surface area contributed by atoms with Crippen molar-refractivity contribution < 1.29 is 4.79 Å². The van der Waals surface area contributed by atoms with Gasteiger partial charge in [0.05, 0.1) is 5.03 Å². The first-order chi connectivity index (χ1) is 6.49. The quantitative estimate of drug-likeness (QED) is 0.826. The smallest absolute Gasteiger partial charge is 0.266 e. The van der Waals surface area contributed by atoms with Gasteiger partial charge in [0.1, 0.15) is 0 Å². The van der Waals surface area contributed by atoms with Crippen LogP contribution in [0.25, 0.3) is 0 Å². The van der Waals surface area contributed by atoms with Crippen LogP contribution in [-0.2, 0) is 4.79 Å². The maximum Gasteiger partial charge on any atom is 0.266 e. The molecule has 1 rings (SSSR count). The van der Waals surface area contributed by atoms with E-state index in [-0.39, 0.29) is 5.03 Å². The highest BCUT2D eigenvalue weighted by molar-refractivity contribution is 9.10. The Hall–Kier alpha value is -0.510. The van der Waals surface area contributed by atoms with E-state index in [9.17, 15) is 4.79 Å². The molecule has 74 valence electrons. The third kappa shape index (κ3) is 3.33. The van der Waals surface area contributed by atoms with Crippen molar-refractivity contribution in [2.75, 3.05) is 5.32 Å². The molecule has 0 heterocycles. The van der Waals surface area contributed by atoms with Gasteiger partial charge in [-0.25, -0.2) is 0 Å². The highest BCUT2D eigenvalue weighted by Gasteiger charge is 2.05. The molecule has 0 aliphatic carbocycles. The van der Waals surface area contributed by atoms with Gasteiger partial charge in [-0.05, 0) is 18.2 Å². The Morgan fingerprint density at radius 2 is 2.07 bits per heavy atom. The molecule has 0 atom stereocenters. The van der Waals surface area contributed by atoms with E-state index in [0.717, 1.165) is 4.47 Å². The van der Waals surface area contributed by atoms with Gasteiger partial charge >= 0.3 is 0 Å². The molecule has 2 nitrogen and oxygen atoms in total. The Kier molecular flexibility index (Phi) is 3.98. The molecule has 0 aliphatic rings. The van der Waals surface area contributed by atoms with E-state index in [2.05, 4.69) is 27.8 Å². The predicted molar refractivity (Wildman–Crippen MR) is 62.8 cm³/mol. The fourth-order valence-corrected chi connectivity index (χ4v) is 1.73. The molecule has 0 fully saturated rings. The first-order valence-corrected chi connectivity index (χ1v) is 5.16. The Labute approximate surface area is 100 Å². The lowest BCUT2D eigenvalue weighted by molar-refractivity contribution is -0.112. The van der Waals surface area contributed by atoms with Crippen molar-refractivity contribution in [1.29, 1.82) is 0 Å². The van der Waals surface area contributed by atoms with Crippen LogP contribution in [0, 0.1) is 0 Å². The van der Waals surface area contributed by atoms with Crippen molar-refractivity contribution in [1.82, 2.24) is 0 Å². The van der Waals surface area contributed by atoms with Crippen molar-refractivity contribution in [3.63, 3.8) is 0 Å². The molecular formula is C9H6BrCl2NO. The summed E-state index contributed by atoms with van der Waals surface area (Å²) in [6.45, 7) is 3.30. The van der Waals surface area contributed by atoms with Crippen LogP contribution in [-0.4, -0.2) is 5.91 Å². The Bertz CT molecular complexity index is 372. The van der Waals surface area contributed by atoms with Gasteiger partial charge in [0.25, 0.3) is 5.91 Å². The number of hydrogen-bond acceptors (Lipinski definition) is 1. The molecule has 5 heteroatoms. The number of rotatable bonds is 2. The zero-order valence-corrected chi connectivity index (χ0v) is 10.1. The summed E-state index contributed by atoms with van der Waals surface area (Å²) in [6.07, 6.45) is 0. The minimum absolute atomic E-state index is 0.0684. The second-order valence-electron chi connectivity index (χ2n) is 2.52. The number of halogens is 3. The summed E-state index contributed by atoms with van der Waals surface area (Å²) in [6, 6.07) is 5.04. The first kappa shape index (κ1) is 11.6. The van der Waals surface area contributed by atoms with Gasteiger partial charge in [-0.1, -0.05) is 45.7 Å². The third-order valence-electron chi connectivity index (χ3n) is 1.37. The highest BCUT2D eigenvalue weighted by Crippen LogP contribution is 2.23. The summed E-state index contributed by atoms with van der Waals surface area (Å²) in [5.41, 5.74) is 0.566. The minimum Gasteiger partial charge on any atom is -0.321 e. The molecule has 1 aromatic carbocycles. The summed E-state index contributed by atoms with van der Waals surface area (Å²) in [4.78, 5) is 11.1. The number of nitrogens with one attached hydrogen (secondary N) is 1. The molecule has 1 aromatic rings. The zero-order chi connectivity index (χ0) is 10.7. The average molecular weight is 295 g/mol. The molecule has 0 saturated heterocycles. The molecular weight excluding hydrogens is 289 g/mol. The summed E-state index contributed by atoms with van der Waals surface area (Å²) in [5, 5.41) is 2.99. The van der Waals surface area contributed by atoms with Gasteiger partial charge in [0.2, 0.25) is 0 Å². The van der Waals surface area contributed by atoms with E-state index < -0.39 is 5.91 Å². The zero-order valence-electron chi connectivity index (χ0n) is 6.98. The van der Waals surface area contributed by atoms with Crippen molar-refractivity contribution in [3.05, 3.63) is 39.3 Å². The Balaban J connectivity index is 2.87. The summed E-state index contributed by atoms with van der Waals surface area (Å²) in [7, 11) is 0. The van der Waals surface area contributed by atoms with Crippen LogP contribution in [0.5, 0.6) is 0 Å². The van der Waals surface area contributed by atoms with Crippen molar-refractivity contribution in [3.8, 4) is 0 Å². The van der Waals surface area contributed by atoms with Crippen LogP contribution in [0.15, 0.2) is 34.3 Å². The van der Waals surface area contributed by atoms with Crippen molar-refractivity contribution in [2.45, 2.75) is 0 Å². The van der Waals surface area contributed by atoms with Gasteiger partial charge < -0.3 is 5.32 Å². The van der Waals surface area contributed by atoms with Crippen LogP contribution in [0.1, 0.15) is 0 Å². The topological polar surface area (TPSA) is 29.1 Å². The van der Waals surface area contributed by atoms with E-state index in [4.69, 9.17) is 23.2 Å². The molecule has 0 aromatic heterocycles. The number of anilines is 1. The SMILES string of the molecule is C=C(Cl)C(=O)Nc1cc(Cl)cc(Br)c1. The van der Waals surface area contributed by atoms with Crippen LogP contribution in [0.3, 0.4) is 0 Å². The molecule has 14 heavy (non-hydrogen) atoms. The number of carbonyl (C=O) groups excluding carboxylic acids is 1. The third-order valence-corrected chi connectivity index (χ3v) is 2.21. The van der Waals surface area contributed by atoms with E-state index in [1.165, 1.54) is 0 Å². The van der Waals surface area contributed by atoms with Gasteiger partial charge in [0, 0.05) is 15.2 Å². The minimum atomic E-state index is -0.444. The number of amides is 1. The fourth-order valence-electron chi connectivity index (χ4n) is 0.825. The molecule has 0 radical (unpaired) electrons. The van der Waals surface area contributed by atoms with Gasteiger partial charge in [-0.2, -0.15) is 0 Å². The van der Waals surface area contributed by atoms with Crippen LogP contribution < -0.4 is 5.32 Å². The Morgan fingerprint density at radius 1 is 1.43 bits per heavy atom. The standard InChI is InChI=1S/C9H6BrCl2NO/c1-5(11)9(14)13-8-3-6(10)2-7(12)4-8/h2-4H,1H2,(H,13,14). The fraction of sp³-hybridized carbons (Fsp3) is 0. The molecule has 0 spiro atoms. The lowest BCUT2D eigenvalue weighted by atomic mass is 10.3. The van der Waals surface area contributed by atoms with E-state index in [0.29, 0.717) is 10.7 Å². The van der Waals surface area contributed by atoms with Gasteiger partial charge in [-0.3, -0.25) is 4.79 Å². The van der Waals surface area contributed by atoms with Gasteiger partial charge in [-0.15, -0.1) is 0 Å². The van der Waals surface area contributed by atoms with E-state index >= 15 is 0 Å². The van der Waals surface area contributed by atoms with Gasteiger partial charge in [0.15, 0.2) is 0 Å². The highest BCUT2D eigenvalue weighted by atomic mass is 79.9. The van der Waals surface area contributed by atoms with Crippen LogP contribution >= 0.6 is 39.1 Å². The largest absolute Gasteiger partial charge is 0.321 e. The van der Waals surface area contributed by atoms with Crippen LogP contribution in [0.4, 0.5) is 5.69 Å². The number of hydrogen-bond donors (Lipinski definition) is 1. The molecule has 0 bridgehead atoms. The monoisotopic (exact) mass is 293 g/mol. The number of carbonyl (C=O) groups is 1. The lowest BCUT2D eigenvalue weighted by Gasteiger charge is -2.04. The van der Waals surface area contributed by atoms with E-state index in [1.54, 1.807) is 18.2 Å². The average Bonchev–Trinajstić information content (AvgIpc) is 2.01.